The first-order chi connectivity index (χ1) is 8.25. The third kappa shape index (κ3) is 3.47. The second-order valence-electron chi connectivity index (χ2n) is 4.11. The maximum Gasteiger partial charge on any atom is 0.0406 e. The van der Waals surface area contributed by atoms with Crippen molar-refractivity contribution >= 4 is 17.7 Å². The lowest BCUT2D eigenvalue weighted by Crippen LogP contribution is -1.87. The molecule has 0 radical (unpaired) electrons. The maximum absolute atomic E-state index is 5.85. The van der Waals surface area contributed by atoms with Gasteiger partial charge in [0, 0.05) is 5.02 Å². The van der Waals surface area contributed by atoms with Gasteiger partial charge in [0.1, 0.15) is 0 Å². The first-order valence-electron chi connectivity index (χ1n) is 5.74. The number of rotatable bonds is 3. The van der Waals surface area contributed by atoms with Crippen LogP contribution in [0.5, 0.6) is 0 Å². The van der Waals surface area contributed by atoms with Gasteiger partial charge >= 0.3 is 0 Å². The van der Waals surface area contributed by atoms with Gasteiger partial charge in [0.15, 0.2) is 0 Å². The zero-order valence-electron chi connectivity index (χ0n) is 9.81. The molecule has 0 bridgehead atoms. The van der Waals surface area contributed by atoms with Gasteiger partial charge in [-0.2, -0.15) is 0 Å². The van der Waals surface area contributed by atoms with Gasteiger partial charge in [-0.15, -0.1) is 0 Å². The van der Waals surface area contributed by atoms with Crippen LogP contribution in [0.15, 0.2) is 60.7 Å². The highest BCUT2D eigenvalue weighted by molar-refractivity contribution is 6.30. The highest BCUT2D eigenvalue weighted by atomic mass is 35.5. The van der Waals surface area contributed by atoms with Crippen molar-refractivity contribution in [1.29, 1.82) is 0 Å². The molecule has 0 aliphatic carbocycles. The van der Waals surface area contributed by atoms with E-state index >= 15 is 0 Å². The molecule has 2 aromatic rings. The van der Waals surface area contributed by atoms with Gasteiger partial charge in [0.2, 0.25) is 0 Å². The second-order valence-corrected chi connectivity index (χ2v) is 4.55. The molecule has 86 valence electrons. The Morgan fingerprint density at radius 2 is 1.59 bits per heavy atom. The molecule has 0 N–H and O–H groups in total. The molecule has 0 amide bonds. The Morgan fingerprint density at radius 3 is 2.24 bits per heavy atom. The molecule has 0 saturated carbocycles. The number of halogens is 1. The average Bonchev–Trinajstić information content (AvgIpc) is 2.39. The highest BCUT2D eigenvalue weighted by Gasteiger charge is 1.99. The lowest BCUT2D eigenvalue weighted by atomic mass is 10.00. The molecule has 1 heteroatoms. The van der Waals surface area contributed by atoms with Gasteiger partial charge in [-0.3, -0.25) is 0 Å². The normalized spacial score (nSPS) is 12.8. The van der Waals surface area contributed by atoms with Crippen molar-refractivity contribution in [2.45, 2.75) is 12.8 Å². The van der Waals surface area contributed by atoms with Crippen LogP contribution >= 0.6 is 11.6 Å². The molecule has 0 unspecified atom stereocenters. The third-order valence-corrected chi connectivity index (χ3v) is 3.02. The van der Waals surface area contributed by atoms with Gasteiger partial charge in [0.25, 0.3) is 0 Å². The number of allylic oxidation sites excluding steroid dienone is 1. The van der Waals surface area contributed by atoms with E-state index in [1.807, 2.05) is 30.3 Å². The van der Waals surface area contributed by atoms with E-state index in [1.165, 1.54) is 11.1 Å². The molecule has 0 nitrogen and oxygen atoms in total. The zero-order chi connectivity index (χ0) is 12.1. The molecule has 2 rings (SSSR count). The van der Waals surface area contributed by atoms with Crippen molar-refractivity contribution in [2.75, 3.05) is 0 Å². The number of hydrogen-bond donors (Lipinski definition) is 0. The van der Waals surface area contributed by atoms with Crippen LogP contribution in [-0.2, 0) is 0 Å². The first-order valence-corrected chi connectivity index (χ1v) is 6.12. The van der Waals surface area contributed by atoms with E-state index in [0.29, 0.717) is 5.92 Å². The number of benzene rings is 2. The van der Waals surface area contributed by atoms with E-state index in [0.717, 1.165) is 5.02 Å². The summed E-state index contributed by atoms with van der Waals surface area (Å²) in [5.41, 5.74) is 2.51. The quantitative estimate of drug-likeness (QED) is 0.698. The van der Waals surface area contributed by atoms with Crippen LogP contribution in [0.1, 0.15) is 24.0 Å². The molecule has 2 aromatic carbocycles. The van der Waals surface area contributed by atoms with E-state index in [4.69, 9.17) is 11.6 Å². The monoisotopic (exact) mass is 242 g/mol. The molecule has 0 spiro atoms. The van der Waals surface area contributed by atoms with Crippen LogP contribution in [0.4, 0.5) is 0 Å². The molecule has 0 heterocycles. The minimum absolute atomic E-state index is 0.423. The van der Waals surface area contributed by atoms with E-state index in [-0.39, 0.29) is 0 Å². The highest BCUT2D eigenvalue weighted by Crippen LogP contribution is 2.18. The van der Waals surface area contributed by atoms with Crippen LogP contribution in [0.3, 0.4) is 0 Å². The Labute approximate surface area is 108 Å². The van der Waals surface area contributed by atoms with Crippen LogP contribution < -0.4 is 0 Å². The Morgan fingerprint density at radius 1 is 0.941 bits per heavy atom. The van der Waals surface area contributed by atoms with E-state index in [1.54, 1.807) is 0 Å². The fourth-order valence-electron chi connectivity index (χ4n) is 1.70. The fourth-order valence-corrected chi connectivity index (χ4v) is 1.82. The summed E-state index contributed by atoms with van der Waals surface area (Å²) >= 11 is 5.85. The van der Waals surface area contributed by atoms with Crippen LogP contribution in [0.25, 0.3) is 6.08 Å². The van der Waals surface area contributed by atoms with Gasteiger partial charge in [-0.25, -0.2) is 0 Å². The minimum Gasteiger partial charge on any atom is -0.0843 e. The Bertz CT molecular complexity index is 483. The standard InChI is InChI=1S/C16H15Cl/c1-13(15-5-3-2-4-6-15)7-8-14-9-11-16(17)12-10-14/h2-13H,1H3/b8-7+/t13-/m0/s1. The molecule has 0 aliphatic rings. The van der Waals surface area contributed by atoms with Crippen molar-refractivity contribution in [1.82, 2.24) is 0 Å². The predicted octanol–water partition coefficient (Wildman–Crippen LogP) is 5.16. The summed E-state index contributed by atoms with van der Waals surface area (Å²) in [6.07, 6.45) is 4.34. The first kappa shape index (κ1) is 11.9. The summed E-state index contributed by atoms with van der Waals surface area (Å²) in [7, 11) is 0. The van der Waals surface area contributed by atoms with Crippen molar-refractivity contribution < 1.29 is 0 Å². The van der Waals surface area contributed by atoms with Crippen molar-refractivity contribution in [3.05, 3.63) is 76.8 Å². The Balaban J connectivity index is 2.08. The van der Waals surface area contributed by atoms with Crippen molar-refractivity contribution in [3.63, 3.8) is 0 Å². The van der Waals surface area contributed by atoms with E-state index in [2.05, 4.69) is 43.3 Å². The van der Waals surface area contributed by atoms with E-state index < -0.39 is 0 Å². The lowest BCUT2D eigenvalue weighted by molar-refractivity contribution is 0.973. The summed E-state index contributed by atoms with van der Waals surface area (Å²) in [5, 5.41) is 0.776. The predicted molar refractivity (Wildman–Crippen MR) is 75.3 cm³/mol. The molecular formula is C16H15Cl. The summed E-state index contributed by atoms with van der Waals surface area (Å²) in [4.78, 5) is 0. The summed E-state index contributed by atoms with van der Waals surface area (Å²) in [6, 6.07) is 18.4. The van der Waals surface area contributed by atoms with Gasteiger partial charge in [-0.1, -0.05) is 73.1 Å². The summed E-state index contributed by atoms with van der Waals surface area (Å²) in [5.74, 6) is 0.423. The molecule has 0 fully saturated rings. The largest absolute Gasteiger partial charge is 0.0843 e. The molecule has 0 aliphatic heterocycles. The summed E-state index contributed by atoms with van der Waals surface area (Å²) < 4.78 is 0. The molecular weight excluding hydrogens is 228 g/mol. The average molecular weight is 243 g/mol. The van der Waals surface area contributed by atoms with Gasteiger partial charge < -0.3 is 0 Å². The molecule has 1 atom stereocenters. The second kappa shape index (κ2) is 5.70. The minimum atomic E-state index is 0.423. The Kier molecular flexibility index (Phi) is 4.00. The van der Waals surface area contributed by atoms with Crippen LogP contribution in [-0.4, -0.2) is 0 Å². The number of hydrogen-bond acceptors (Lipinski definition) is 0. The maximum atomic E-state index is 5.85. The zero-order valence-corrected chi connectivity index (χ0v) is 10.6. The third-order valence-electron chi connectivity index (χ3n) is 2.77. The molecule has 0 saturated heterocycles. The van der Waals surface area contributed by atoms with Crippen molar-refractivity contribution in [2.24, 2.45) is 0 Å². The van der Waals surface area contributed by atoms with Gasteiger partial charge in [0.05, 0.1) is 0 Å². The van der Waals surface area contributed by atoms with Gasteiger partial charge in [-0.05, 0) is 29.2 Å². The van der Waals surface area contributed by atoms with Crippen molar-refractivity contribution in [3.8, 4) is 0 Å². The summed E-state index contributed by atoms with van der Waals surface area (Å²) in [6.45, 7) is 2.20. The van der Waals surface area contributed by atoms with E-state index in [9.17, 15) is 0 Å². The van der Waals surface area contributed by atoms with Crippen LogP contribution in [0.2, 0.25) is 5.02 Å². The SMILES string of the molecule is C[C@@H](/C=C/c1ccc(Cl)cc1)c1ccccc1. The molecule has 0 aromatic heterocycles. The smallest absolute Gasteiger partial charge is 0.0406 e. The lowest BCUT2D eigenvalue weighted by Gasteiger charge is -2.05. The molecule has 17 heavy (non-hydrogen) atoms. The van der Waals surface area contributed by atoms with Crippen LogP contribution in [0, 0.1) is 0 Å². The fraction of sp³-hybridized carbons (Fsp3) is 0.125. The Hall–Kier alpha value is -1.53. The topological polar surface area (TPSA) is 0 Å².